The van der Waals surface area contributed by atoms with Crippen molar-refractivity contribution in [2.24, 2.45) is 5.73 Å². The van der Waals surface area contributed by atoms with Gasteiger partial charge in [-0.25, -0.2) is 0 Å². The predicted molar refractivity (Wildman–Crippen MR) is 94.8 cm³/mol. The highest BCUT2D eigenvalue weighted by molar-refractivity contribution is 9.10. The van der Waals surface area contributed by atoms with Crippen LogP contribution in [0.15, 0.2) is 45.3 Å². The third-order valence-corrected chi connectivity index (χ3v) is 5.04. The molecule has 0 spiro atoms. The number of nitrogens with two attached hydrogens (primary N) is 1. The van der Waals surface area contributed by atoms with Gasteiger partial charge in [-0.05, 0) is 58.1 Å². The SMILES string of the molecule is CCCOc1ccc(C(N)c2cccc(C)c2Br)cc1Br. The lowest BCUT2D eigenvalue weighted by molar-refractivity contribution is 0.315. The van der Waals surface area contributed by atoms with Crippen LogP contribution in [0.5, 0.6) is 5.75 Å². The van der Waals surface area contributed by atoms with E-state index in [1.807, 2.05) is 24.3 Å². The number of hydrogen-bond acceptors (Lipinski definition) is 2. The summed E-state index contributed by atoms with van der Waals surface area (Å²) in [5.41, 5.74) is 9.74. The van der Waals surface area contributed by atoms with Crippen LogP contribution in [-0.2, 0) is 0 Å². The average molecular weight is 413 g/mol. The minimum atomic E-state index is -0.171. The Bertz CT molecular complexity index is 628. The highest BCUT2D eigenvalue weighted by Crippen LogP contribution is 2.33. The normalized spacial score (nSPS) is 12.2. The molecule has 2 N–H and O–H groups in total. The molecule has 0 amide bonds. The molecule has 2 nitrogen and oxygen atoms in total. The number of halogens is 2. The standard InChI is InChI=1S/C17H19Br2NO/c1-3-9-21-15-8-7-12(10-14(15)18)17(20)13-6-4-5-11(2)16(13)19/h4-8,10,17H,3,9,20H2,1-2H3. The zero-order valence-electron chi connectivity index (χ0n) is 12.2. The van der Waals surface area contributed by atoms with Crippen molar-refractivity contribution in [2.75, 3.05) is 6.61 Å². The van der Waals surface area contributed by atoms with Crippen LogP contribution in [0, 0.1) is 6.92 Å². The van der Waals surface area contributed by atoms with Gasteiger partial charge in [0.25, 0.3) is 0 Å². The summed E-state index contributed by atoms with van der Waals surface area (Å²) in [7, 11) is 0. The molecule has 0 saturated heterocycles. The molecule has 1 atom stereocenters. The Morgan fingerprint density at radius 3 is 2.62 bits per heavy atom. The van der Waals surface area contributed by atoms with Crippen LogP contribution in [0.3, 0.4) is 0 Å². The molecule has 0 heterocycles. The van der Waals surface area contributed by atoms with Gasteiger partial charge in [0.05, 0.1) is 17.1 Å². The molecule has 4 heteroatoms. The molecule has 112 valence electrons. The Hall–Kier alpha value is -0.840. The highest BCUT2D eigenvalue weighted by atomic mass is 79.9. The summed E-state index contributed by atoms with van der Waals surface area (Å²) in [4.78, 5) is 0. The highest BCUT2D eigenvalue weighted by Gasteiger charge is 2.14. The average Bonchev–Trinajstić information content (AvgIpc) is 2.48. The Balaban J connectivity index is 2.29. The van der Waals surface area contributed by atoms with Crippen molar-refractivity contribution >= 4 is 31.9 Å². The van der Waals surface area contributed by atoms with Gasteiger partial charge < -0.3 is 10.5 Å². The van der Waals surface area contributed by atoms with Gasteiger partial charge in [0, 0.05) is 4.47 Å². The molecule has 2 aromatic rings. The predicted octanol–water partition coefficient (Wildman–Crippen LogP) is 5.36. The minimum absolute atomic E-state index is 0.171. The molecule has 0 saturated carbocycles. The molecule has 0 aliphatic heterocycles. The van der Waals surface area contributed by atoms with Crippen molar-refractivity contribution < 1.29 is 4.74 Å². The van der Waals surface area contributed by atoms with Crippen LogP contribution in [-0.4, -0.2) is 6.61 Å². The number of hydrogen-bond donors (Lipinski definition) is 1. The maximum atomic E-state index is 6.41. The fourth-order valence-electron chi connectivity index (χ4n) is 2.13. The Kier molecular flexibility index (Phi) is 5.85. The van der Waals surface area contributed by atoms with Gasteiger partial charge in [0.2, 0.25) is 0 Å². The van der Waals surface area contributed by atoms with Crippen LogP contribution in [0.25, 0.3) is 0 Å². The summed E-state index contributed by atoms with van der Waals surface area (Å²) in [5, 5.41) is 0. The smallest absolute Gasteiger partial charge is 0.133 e. The lowest BCUT2D eigenvalue weighted by Crippen LogP contribution is -2.13. The van der Waals surface area contributed by atoms with E-state index in [-0.39, 0.29) is 6.04 Å². The van der Waals surface area contributed by atoms with Crippen LogP contribution in [0.1, 0.15) is 36.1 Å². The summed E-state index contributed by atoms with van der Waals surface area (Å²) in [6, 6.07) is 12.0. The van der Waals surface area contributed by atoms with Crippen LogP contribution < -0.4 is 10.5 Å². The van der Waals surface area contributed by atoms with Crippen molar-refractivity contribution in [1.82, 2.24) is 0 Å². The van der Waals surface area contributed by atoms with E-state index < -0.39 is 0 Å². The van der Waals surface area contributed by atoms with Crippen LogP contribution in [0.2, 0.25) is 0 Å². The molecule has 0 aromatic heterocycles. The topological polar surface area (TPSA) is 35.2 Å². The van der Waals surface area contributed by atoms with Gasteiger partial charge in [-0.2, -0.15) is 0 Å². The lowest BCUT2D eigenvalue weighted by atomic mass is 9.98. The Morgan fingerprint density at radius 2 is 1.95 bits per heavy atom. The first kappa shape index (κ1) is 16.5. The van der Waals surface area contributed by atoms with Crippen molar-refractivity contribution in [3.8, 4) is 5.75 Å². The Labute approximate surface area is 143 Å². The van der Waals surface area contributed by atoms with E-state index in [2.05, 4.69) is 57.8 Å². The van der Waals surface area contributed by atoms with E-state index in [0.29, 0.717) is 6.61 Å². The second kappa shape index (κ2) is 7.43. The van der Waals surface area contributed by atoms with Crippen molar-refractivity contribution in [1.29, 1.82) is 0 Å². The zero-order chi connectivity index (χ0) is 15.4. The molecule has 0 radical (unpaired) electrons. The van der Waals surface area contributed by atoms with Crippen molar-refractivity contribution in [3.63, 3.8) is 0 Å². The van der Waals surface area contributed by atoms with Gasteiger partial charge in [0.15, 0.2) is 0 Å². The monoisotopic (exact) mass is 411 g/mol. The molecule has 2 aromatic carbocycles. The van der Waals surface area contributed by atoms with Gasteiger partial charge in [0.1, 0.15) is 5.75 Å². The van der Waals surface area contributed by atoms with E-state index in [1.165, 1.54) is 5.56 Å². The largest absolute Gasteiger partial charge is 0.492 e. The summed E-state index contributed by atoms with van der Waals surface area (Å²) < 4.78 is 7.68. The van der Waals surface area contributed by atoms with E-state index in [1.54, 1.807) is 0 Å². The summed E-state index contributed by atoms with van der Waals surface area (Å²) in [5.74, 6) is 0.858. The molecule has 0 bridgehead atoms. The van der Waals surface area contributed by atoms with Gasteiger partial charge >= 0.3 is 0 Å². The first-order valence-corrected chi connectivity index (χ1v) is 8.56. The molecule has 21 heavy (non-hydrogen) atoms. The molecule has 0 fully saturated rings. The third kappa shape index (κ3) is 3.87. The summed E-state index contributed by atoms with van der Waals surface area (Å²) in [6.45, 7) is 4.87. The first-order chi connectivity index (χ1) is 10.0. The molecule has 1 unspecified atom stereocenters. The third-order valence-electron chi connectivity index (χ3n) is 3.33. The second-order valence-corrected chi connectivity index (χ2v) is 6.64. The lowest BCUT2D eigenvalue weighted by Gasteiger charge is -2.17. The zero-order valence-corrected chi connectivity index (χ0v) is 15.4. The molecule has 0 aliphatic carbocycles. The summed E-state index contributed by atoms with van der Waals surface area (Å²) in [6.07, 6.45) is 0.990. The molecule has 0 aliphatic rings. The second-order valence-electron chi connectivity index (χ2n) is 4.99. The van der Waals surface area contributed by atoms with Gasteiger partial charge in [-0.1, -0.05) is 47.1 Å². The summed E-state index contributed by atoms with van der Waals surface area (Å²) >= 11 is 7.19. The first-order valence-electron chi connectivity index (χ1n) is 6.97. The number of benzene rings is 2. The maximum Gasteiger partial charge on any atom is 0.133 e. The van der Waals surface area contributed by atoms with Crippen LogP contribution >= 0.6 is 31.9 Å². The molecule has 2 rings (SSSR count). The molecular weight excluding hydrogens is 394 g/mol. The maximum absolute atomic E-state index is 6.41. The van der Waals surface area contributed by atoms with Gasteiger partial charge in [-0.3, -0.25) is 0 Å². The quantitative estimate of drug-likeness (QED) is 0.717. The number of ether oxygens (including phenoxy) is 1. The van der Waals surface area contributed by atoms with Crippen molar-refractivity contribution in [3.05, 3.63) is 62.0 Å². The fourth-order valence-corrected chi connectivity index (χ4v) is 3.15. The van der Waals surface area contributed by atoms with E-state index >= 15 is 0 Å². The fraction of sp³-hybridized carbons (Fsp3) is 0.294. The van der Waals surface area contributed by atoms with Crippen molar-refractivity contribution in [2.45, 2.75) is 26.3 Å². The Morgan fingerprint density at radius 1 is 1.19 bits per heavy atom. The minimum Gasteiger partial charge on any atom is -0.492 e. The molecular formula is C17H19Br2NO. The number of aryl methyl sites for hydroxylation is 1. The van der Waals surface area contributed by atoms with E-state index in [0.717, 1.165) is 32.2 Å². The van der Waals surface area contributed by atoms with E-state index in [9.17, 15) is 0 Å². The van der Waals surface area contributed by atoms with E-state index in [4.69, 9.17) is 10.5 Å². The van der Waals surface area contributed by atoms with Crippen LogP contribution in [0.4, 0.5) is 0 Å². The van der Waals surface area contributed by atoms with Gasteiger partial charge in [-0.15, -0.1) is 0 Å². The number of rotatable bonds is 5.